The van der Waals surface area contributed by atoms with Crippen molar-refractivity contribution in [3.63, 3.8) is 0 Å². The van der Waals surface area contributed by atoms with Gasteiger partial charge in [0.05, 0.1) is 30.4 Å². The number of hydrogen-bond acceptors (Lipinski definition) is 7. The molecule has 8 heteroatoms. The van der Waals surface area contributed by atoms with Gasteiger partial charge < -0.3 is 19.7 Å². The molecule has 3 aromatic rings. The number of aromatic hydroxyl groups is 1. The van der Waals surface area contributed by atoms with Crippen LogP contribution in [0.1, 0.15) is 60.6 Å². The van der Waals surface area contributed by atoms with Crippen LogP contribution in [0.25, 0.3) is 5.76 Å². The van der Waals surface area contributed by atoms with Gasteiger partial charge in [0.2, 0.25) is 0 Å². The number of phenolic OH excluding ortho intramolecular Hbond substituents is 1. The second-order valence-electron chi connectivity index (χ2n) is 9.11. The first kappa shape index (κ1) is 27.4. The third-order valence-corrected chi connectivity index (χ3v) is 6.43. The Morgan fingerprint density at radius 3 is 2.31 bits per heavy atom. The fraction of sp³-hybridized carbons (Fsp3) is 0.258. The molecule has 1 aliphatic heterocycles. The molecule has 0 saturated carbocycles. The summed E-state index contributed by atoms with van der Waals surface area (Å²) in [4.78, 5) is 40.3. The van der Waals surface area contributed by atoms with E-state index in [0.717, 1.165) is 19.3 Å². The molecule has 1 atom stereocenters. The van der Waals surface area contributed by atoms with Gasteiger partial charge in [-0.25, -0.2) is 4.79 Å². The molecule has 8 nitrogen and oxygen atoms in total. The maximum atomic E-state index is 13.4. The van der Waals surface area contributed by atoms with Crippen LogP contribution < -0.4 is 9.64 Å². The molecular weight excluding hydrogens is 498 g/mol. The number of nitrogens with zero attached hydrogens (tertiary/aromatic N) is 1. The summed E-state index contributed by atoms with van der Waals surface area (Å²) in [6.45, 7) is 4.57. The summed E-state index contributed by atoms with van der Waals surface area (Å²) >= 11 is 0. The van der Waals surface area contributed by atoms with Crippen molar-refractivity contribution in [2.45, 2.75) is 39.2 Å². The zero-order valence-corrected chi connectivity index (χ0v) is 21.9. The number of phenols is 1. The number of anilines is 1. The highest BCUT2D eigenvalue weighted by Crippen LogP contribution is 2.42. The summed E-state index contributed by atoms with van der Waals surface area (Å²) in [6.07, 6.45) is 3.09. The second-order valence-corrected chi connectivity index (χ2v) is 9.11. The highest BCUT2D eigenvalue weighted by atomic mass is 16.5. The molecule has 3 aromatic carbocycles. The molecular formula is C31H31NO7. The number of aliphatic hydroxyl groups is 1. The van der Waals surface area contributed by atoms with E-state index in [1.54, 1.807) is 61.5 Å². The van der Waals surface area contributed by atoms with E-state index < -0.39 is 23.7 Å². The van der Waals surface area contributed by atoms with Crippen molar-refractivity contribution >= 4 is 29.1 Å². The predicted molar refractivity (Wildman–Crippen MR) is 147 cm³/mol. The number of ketones is 1. The molecule has 1 saturated heterocycles. The monoisotopic (exact) mass is 529 g/mol. The topological polar surface area (TPSA) is 113 Å². The fourth-order valence-corrected chi connectivity index (χ4v) is 4.47. The van der Waals surface area contributed by atoms with Crippen molar-refractivity contribution in [1.29, 1.82) is 0 Å². The van der Waals surface area contributed by atoms with Gasteiger partial charge in [0.25, 0.3) is 11.7 Å². The van der Waals surface area contributed by atoms with Crippen molar-refractivity contribution in [2.75, 3.05) is 18.1 Å². The number of carbonyl (C=O) groups excluding carboxylic acids is 3. The number of unbranched alkanes of at least 4 members (excludes halogenated alkanes) is 2. The third kappa shape index (κ3) is 5.95. The molecule has 1 fully saturated rings. The Morgan fingerprint density at radius 2 is 1.64 bits per heavy atom. The van der Waals surface area contributed by atoms with Crippen LogP contribution in [0.3, 0.4) is 0 Å². The van der Waals surface area contributed by atoms with E-state index in [0.29, 0.717) is 23.5 Å². The Bertz CT molecular complexity index is 1380. The summed E-state index contributed by atoms with van der Waals surface area (Å²) in [5.74, 6) is -1.98. The molecule has 0 aromatic heterocycles. The minimum atomic E-state index is -1.01. The smallest absolute Gasteiger partial charge is 0.338 e. The van der Waals surface area contributed by atoms with E-state index in [4.69, 9.17) is 9.47 Å². The Kier molecular flexibility index (Phi) is 8.66. The summed E-state index contributed by atoms with van der Waals surface area (Å²) < 4.78 is 10.8. The number of benzene rings is 3. The average molecular weight is 530 g/mol. The van der Waals surface area contributed by atoms with Gasteiger partial charge in [-0.15, -0.1) is 0 Å². The van der Waals surface area contributed by atoms with Gasteiger partial charge in [-0.05, 0) is 73.5 Å². The lowest BCUT2D eigenvalue weighted by Crippen LogP contribution is -2.29. The standard InChI is InChI=1S/C31H31NO7/c1-3-5-6-18-39-25-16-12-21(13-17-25)28(34)26-27(20-10-14-24(33)15-11-20)32(30(36)29(26)35)23-9-7-8-22(19-23)31(37)38-4-2/h7-17,19,27,33-34H,3-6,18H2,1-2H3/b28-26+. The van der Waals surface area contributed by atoms with Crippen LogP contribution in [0.15, 0.2) is 78.4 Å². The fourth-order valence-electron chi connectivity index (χ4n) is 4.47. The zero-order chi connectivity index (χ0) is 27.9. The van der Waals surface area contributed by atoms with Crippen molar-refractivity contribution in [1.82, 2.24) is 0 Å². The van der Waals surface area contributed by atoms with Crippen molar-refractivity contribution < 1.29 is 34.1 Å². The molecule has 39 heavy (non-hydrogen) atoms. The minimum absolute atomic E-state index is 0.00883. The van der Waals surface area contributed by atoms with Gasteiger partial charge in [-0.2, -0.15) is 0 Å². The summed E-state index contributed by atoms with van der Waals surface area (Å²) in [5, 5.41) is 21.2. The van der Waals surface area contributed by atoms with Gasteiger partial charge in [0.1, 0.15) is 17.3 Å². The van der Waals surface area contributed by atoms with E-state index in [-0.39, 0.29) is 34.9 Å². The lowest BCUT2D eigenvalue weighted by molar-refractivity contribution is -0.132. The number of aliphatic hydroxyl groups excluding tert-OH is 1. The van der Waals surface area contributed by atoms with Crippen LogP contribution in [-0.2, 0) is 14.3 Å². The van der Waals surface area contributed by atoms with E-state index in [2.05, 4.69) is 6.92 Å². The largest absolute Gasteiger partial charge is 0.508 e. The number of hydrogen-bond donors (Lipinski definition) is 2. The van der Waals surface area contributed by atoms with Crippen LogP contribution in [0.4, 0.5) is 5.69 Å². The summed E-state index contributed by atoms with van der Waals surface area (Å²) in [6, 6.07) is 17.9. The molecule has 4 rings (SSSR count). The molecule has 1 unspecified atom stereocenters. The maximum Gasteiger partial charge on any atom is 0.338 e. The molecule has 0 aliphatic carbocycles. The summed E-state index contributed by atoms with van der Waals surface area (Å²) in [5.41, 5.74) is 1.23. The Hall–Kier alpha value is -4.59. The summed E-state index contributed by atoms with van der Waals surface area (Å²) in [7, 11) is 0. The third-order valence-electron chi connectivity index (χ3n) is 6.43. The Labute approximate surface area is 227 Å². The lowest BCUT2D eigenvalue weighted by atomic mass is 9.95. The highest BCUT2D eigenvalue weighted by Gasteiger charge is 2.47. The van der Waals surface area contributed by atoms with Crippen molar-refractivity contribution in [3.8, 4) is 11.5 Å². The van der Waals surface area contributed by atoms with E-state index in [1.165, 1.54) is 23.1 Å². The number of carbonyl (C=O) groups is 3. The van der Waals surface area contributed by atoms with Gasteiger partial charge in [-0.1, -0.05) is 38.0 Å². The Morgan fingerprint density at radius 1 is 0.923 bits per heavy atom. The second kappa shape index (κ2) is 12.3. The van der Waals surface area contributed by atoms with Gasteiger partial charge >= 0.3 is 5.97 Å². The van der Waals surface area contributed by atoms with Crippen LogP contribution in [0.2, 0.25) is 0 Å². The number of Topliss-reactive ketones (excluding diaryl/α,β-unsaturated/α-hetero) is 1. The van der Waals surface area contributed by atoms with Gasteiger partial charge in [-0.3, -0.25) is 14.5 Å². The molecule has 1 amide bonds. The van der Waals surface area contributed by atoms with Crippen molar-refractivity contribution in [2.24, 2.45) is 0 Å². The molecule has 1 heterocycles. The number of ether oxygens (including phenoxy) is 2. The molecule has 2 N–H and O–H groups in total. The van der Waals surface area contributed by atoms with Gasteiger partial charge in [0.15, 0.2) is 0 Å². The van der Waals surface area contributed by atoms with E-state index in [9.17, 15) is 24.6 Å². The molecule has 0 bridgehead atoms. The van der Waals surface area contributed by atoms with Crippen LogP contribution in [0, 0.1) is 0 Å². The number of esters is 1. The quantitative estimate of drug-likeness (QED) is 0.113. The highest BCUT2D eigenvalue weighted by molar-refractivity contribution is 6.51. The first-order valence-electron chi connectivity index (χ1n) is 13.0. The maximum absolute atomic E-state index is 13.4. The van der Waals surface area contributed by atoms with Gasteiger partial charge in [0, 0.05) is 11.3 Å². The van der Waals surface area contributed by atoms with E-state index >= 15 is 0 Å². The minimum Gasteiger partial charge on any atom is -0.508 e. The number of amides is 1. The van der Waals surface area contributed by atoms with E-state index in [1.807, 2.05) is 0 Å². The lowest BCUT2D eigenvalue weighted by Gasteiger charge is -2.25. The normalized spacial score (nSPS) is 16.4. The number of rotatable bonds is 10. The first-order chi connectivity index (χ1) is 18.8. The molecule has 1 aliphatic rings. The van der Waals surface area contributed by atoms with Crippen molar-refractivity contribution in [3.05, 3.63) is 95.1 Å². The first-order valence-corrected chi connectivity index (χ1v) is 13.0. The predicted octanol–water partition coefficient (Wildman–Crippen LogP) is 5.76. The zero-order valence-electron chi connectivity index (χ0n) is 21.9. The van der Waals surface area contributed by atoms with Crippen LogP contribution >= 0.6 is 0 Å². The molecule has 0 spiro atoms. The molecule has 202 valence electrons. The SMILES string of the molecule is CCCCCOc1ccc(/C(O)=C2\C(=O)C(=O)N(c3cccc(C(=O)OCC)c3)C2c2ccc(O)cc2)cc1. The average Bonchev–Trinajstić information content (AvgIpc) is 3.21. The van der Waals surface area contributed by atoms with Crippen LogP contribution in [0.5, 0.6) is 11.5 Å². The molecule has 0 radical (unpaired) electrons. The Balaban J connectivity index is 1.76. The van der Waals surface area contributed by atoms with Crippen LogP contribution in [-0.4, -0.2) is 41.1 Å².